The maximum Gasteiger partial charge on any atom is 0.126 e. The number of aryl methyl sites for hydroxylation is 1. The summed E-state index contributed by atoms with van der Waals surface area (Å²) in [5, 5.41) is 0. The number of fused-ring (bicyclic) bond motifs is 1. The van der Waals surface area contributed by atoms with Crippen LogP contribution in [0.5, 0.6) is 0 Å². The standard InChI is InChI=1S/C22H18FN3O/c1-14-9-17(3-5-19(14)23)22-18(10-15(12-26-22)13-27-2)16-4-6-20-21(11-16)25-8-7-24-20/h3-12H,13H2,1-2H3. The summed E-state index contributed by atoms with van der Waals surface area (Å²) in [4.78, 5) is 13.4. The van der Waals surface area contributed by atoms with Crippen LogP contribution >= 0.6 is 0 Å². The van der Waals surface area contributed by atoms with Gasteiger partial charge >= 0.3 is 0 Å². The van der Waals surface area contributed by atoms with Crippen molar-refractivity contribution in [3.63, 3.8) is 0 Å². The van der Waals surface area contributed by atoms with Gasteiger partial charge < -0.3 is 4.74 Å². The summed E-state index contributed by atoms with van der Waals surface area (Å²) >= 11 is 0. The lowest BCUT2D eigenvalue weighted by Gasteiger charge is -2.13. The highest BCUT2D eigenvalue weighted by Crippen LogP contribution is 2.33. The molecule has 0 unspecified atom stereocenters. The Kier molecular flexibility index (Phi) is 4.60. The summed E-state index contributed by atoms with van der Waals surface area (Å²) in [7, 11) is 1.66. The Morgan fingerprint density at radius 2 is 1.67 bits per heavy atom. The van der Waals surface area contributed by atoms with Crippen LogP contribution in [0.15, 0.2) is 61.1 Å². The average molecular weight is 359 g/mol. The SMILES string of the molecule is COCc1cnc(-c2ccc(F)c(C)c2)c(-c2ccc3nccnc3c2)c1. The molecule has 27 heavy (non-hydrogen) atoms. The second-order valence-corrected chi connectivity index (χ2v) is 6.40. The third kappa shape index (κ3) is 3.41. The van der Waals surface area contributed by atoms with Crippen LogP contribution in [0, 0.1) is 12.7 Å². The van der Waals surface area contributed by atoms with Crippen LogP contribution in [0.4, 0.5) is 4.39 Å². The Hall–Kier alpha value is -3.18. The molecule has 134 valence electrons. The predicted octanol–water partition coefficient (Wildman–Crippen LogP) is 4.95. The van der Waals surface area contributed by atoms with Gasteiger partial charge in [-0.25, -0.2) is 4.39 Å². The van der Waals surface area contributed by atoms with E-state index in [0.29, 0.717) is 12.2 Å². The van der Waals surface area contributed by atoms with Crippen LogP contribution in [0.2, 0.25) is 0 Å². The number of methoxy groups -OCH3 is 1. The van der Waals surface area contributed by atoms with E-state index in [4.69, 9.17) is 4.74 Å². The second kappa shape index (κ2) is 7.21. The van der Waals surface area contributed by atoms with Crippen molar-refractivity contribution in [1.29, 1.82) is 0 Å². The van der Waals surface area contributed by atoms with Crippen molar-refractivity contribution >= 4 is 11.0 Å². The third-order valence-corrected chi connectivity index (χ3v) is 4.47. The van der Waals surface area contributed by atoms with E-state index in [1.807, 2.05) is 24.3 Å². The van der Waals surface area contributed by atoms with E-state index in [1.54, 1.807) is 38.7 Å². The first-order valence-corrected chi connectivity index (χ1v) is 8.61. The zero-order valence-electron chi connectivity index (χ0n) is 15.1. The van der Waals surface area contributed by atoms with Gasteiger partial charge in [0, 0.05) is 36.8 Å². The molecule has 4 rings (SSSR count). The van der Waals surface area contributed by atoms with Crippen molar-refractivity contribution in [2.24, 2.45) is 0 Å². The zero-order valence-corrected chi connectivity index (χ0v) is 15.1. The molecule has 0 aliphatic heterocycles. The minimum Gasteiger partial charge on any atom is -0.380 e. The van der Waals surface area contributed by atoms with Gasteiger partial charge in [-0.2, -0.15) is 0 Å². The monoisotopic (exact) mass is 359 g/mol. The molecule has 5 heteroatoms. The Morgan fingerprint density at radius 3 is 2.44 bits per heavy atom. The van der Waals surface area contributed by atoms with Crippen LogP contribution in [0.25, 0.3) is 33.4 Å². The number of hydrogen-bond acceptors (Lipinski definition) is 4. The minimum absolute atomic E-state index is 0.225. The van der Waals surface area contributed by atoms with E-state index in [0.717, 1.165) is 39.0 Å². The summed E-state index contributed by atoms with van der Waals surface area (Å²) in [5.74, 6) is -0.225. The molecule has 2 aromatic heterocycles. The number of hydrogen-bond donors (Lipinski definition) is 0. The molecular formula is C22H18FN3O. The molecule has 0 radical (unpaired) electrons. The van der Waals surface area contributed by atoms with E-state index >= 15 is 0 Å². The van der Waals surface area contributed by atoms with Crippen molar-refractivity contribution in [2.45, 2.75) is 13.5 Å². The molecular weight excluding hydrogens is 341 g/mol. The molecule has 0 saturated heterocycles. The number of rotatable bonds is 4. The maximum atomic E-state index is 13.7. The molecule has 4 aromatic rings. The van der Waals surface area contributed by atoms with Gasteiger partial charge in [-0.15, -0.1) is 0 Å². The summed E-state index contributed by atoms with van der Waals surface area (Å²) in [6.45, 7) is 2.22. The van der Waals surface area contributed by atoms with Crippen molar-refractivity contribution in [3.05, 3.63) is 78.0 Å². The summed E-state index contributed by atoms with van der Waals surface area (Å²) in [6, 6.07) is 13.1. The highest BCUT2D eigenvalue weighted by molar-refractivity contribution is 5.87. The van der Waals surface area contributed by atoms with E-state index < -0.39 is 0 Å². The lowest BCUT2D eigenvalue weighted by atomic mass is 9.96. The zero-order chi connectivity index (χ0) is 18.8. The lowest BCUT2D eigenvalue weighted by Crippen LogP contribution is -1.96. The molecule has 0 aliphatic carbocycles. The normalized spacial score (nSPS) is 11.1. The van der Waals surface area contributed by atoms with Crippen LogP contribution < -0.4 is 0 Å². The van der Waals surface area contributed by atoms with Gasteiger partial charge in [-0.3, -0.25) is 15.0 Å². The first-order chi connectivity index (χ1) is 13.2. The van der Waals surface area contributed by atoms with Crippen molar-refractivity contribution in [3.8, 4) is 22.4 Å². The van der Waals surface area contributed by atoms with Crippen LogP contribution in [0.3, 0.4) is 0 Å². The Labute approximate surface area is 156 Å². The Bertz CT molecular complexity index is 1130. The molecule has 0 bridgehead atoms. The molecule has 2 heterocycles. The second-order valence-electron chi connectivity index (χ2n) is 6.40. The number of pyridine rings is 1. The van der Waals surface area contributed by atoms with Gasteiger partial charge in [-0.05, 0) is 60.0 Å². The van der Waals surface area contributed by atoms with Crippen molar-refractivity contribution < 1.29 is 9.13 Å². The first-order valence-electron chi connectivity index (χ1n) is 8.61. The Balaban J connectivity index is 1.92. The van der Waals surface area contributed by atoms with Crippen LogP contribution in [0.1, 0.15) is 11.1 Å². The number of nitrogens with zero attached hydrogens (tertiary/aromatic N) is 3. The van der Waals surface area contributed by atoms with Gasteiger partial charge in [0.2, 0.25) is 0 Å². The fourth-order valence-corrected chi connectivity index (χ4v) is 3.13. The molecule has 0 fully saturated rings. The van der Waals surface area contributed by atoms with Crippen molar-refractivity contribution in [1.82, 2.24) is 15.0 Å². The third-order valence-electron chi connectivity index (χ3n) is 4.47. The average Bonchev–Trinajstić information content (AvgIpc) is 2.70. The van der Waals surface area contributed by atoms with E-state index in [2.05, 4.69) is 21.0 Å². The first kappa shape index (κ1) is 17.2. The van der Waals surface area contributed by atoms with Gasteiger partial charge in [0.05, 0.1) is 23.3 Å². The molecule has 0 saturated carbocycles. The van der Waals surface area contributed by atoms with Crippen LogP contribution in [-0.4, -0.2) is 22.1 Å². The predicted molar refractivity (Wildman–Crippen MR) is 104 cm³/mol. The lowest BCUT2D eigenvalue weighted by molar-refractivity contribution is 0.184. The molecule has 0 spiro atoms. The Morgan fingerprint density at radius 1 is 0.889 bits per heavy atom. The summed E-state index contributed by atoms with van der Waals surface area (Å²) < 4.78 is 19.0. The van der Waals surface area contributed by atoms with Gasteiger partial charge in [-0.1, -0.05) is 6.07 Å². The molecule has 0 N–H and O–H groups in total. The van der Waals surface area contributed by atoms with Gasteiger partial charge in [0.1, 0.15) is 5.82 Å². The van der Waals surface area contributed by atoms with E-state index in [1.165, 1.54) is 6.07 Å². The minimum atomic E-state index is -0.225. The number of halogens is 1. The highest BCUT2D eigenvalue weighted by Gasteiger charge is 2.13. The molecule has 0 amide bonds. The van der Waals surface area contributed by atoms with Gasteiger partial charge in [0.15, 0.2) is 0 Å². The topological polar surface area (TPSA) is 47.9 Å². The maximum absolute atomic E-state index is 13.7. The highest BCUT2D eigenvalue weighted by atomic mass is 19.1. The fourth-order valence-electron chi connectivity index (χ4n) is 3.13. The van der Waals surface area contributed by atoms with Gasteiger partial charge in [0.25, 0.3) is 0 Å². The molecule has 2 aromatic carbocycles. The number of ether oxygens (including phenoxy) is 1. The quantitative estimate of drug-likeness (QED) is 0.517. The number of benzene rings is 2. The molecule has 0 atom stereocenters. The van der Waals surface area contributed by atoms with Crippen LogP contribution in [-0.2, 0) is 11.3 Å². The molecule has 4 nitrogen and oxygen atoms in total. The van der Waals surface area contributed by atoms with Crippen molar-refractivity contribution in [2.75, 3.05) is 7.11 Å². The summed E-state index contributed by atoms with van der Waals surface area (Å²) in [5.41, 5.74) is 6.79. The smallest absolute Gasteiger partial charge is 0.126 e. The molecule has 0 aliphatic rings. The summed E-state index contributed by atoms with van der Waals surface area (Å²) in [6.07, 6.45) is 5.15. The largest absolute Gasteiger partial charge is 0.380 e. The van der Waals surface area contributed by atoms with E-state index in [-0.39, 0.29) is 5.82 Å². The number of aromatic nitrogens is 3. The fraction of sp³-hybridized carbons (Fsp3) is 0.136. The van der Waals surface area contributed by atoms with E-state index in [9.17, 15) is 4.39 Å².